The first-order chi connectivity index (χ1) is 8.13. The molecule has 7 nitrogen and oxygen atoms in total. The number of amides is 1. The van der Waals surface area contributed by atoms with Crippen LogP contribution in [-0.2, 0) is 4.79 Å². The van der Waals surface area contributed by atoms with Gasteiger partial charge in [-0.1, -0.05) is 0 Å². The molecule has 1 heterocycles. The molecule has 1 amide bonds. The predicted molar refractivity (Wildman–Crippen MR) is 66.8 cm³/mol. The van der Waals surface area contributed by atoms with Crippen molar-refractivity contribution in [2.24, 2.45) is 22.6 Å². The fourth-order valence-corrected chi connectivity index (χ4v) is 1.95. The van der Waals surface area contributed by atoms with Crippen molar-refractivity contribution in [1.29, 1.82) is 0 Å². The lowest BCUT2D eigenvalue weighted by molar-refractivity contribution is -0.114. The van der Waals surface area contributed by atoms with E-state index in [1.807, 2.05) is 5.53 Å². The van der Waals surface area contributed by atoms with E-state index in [2.05, 4.69) is 22.4 Å². The Bertz CT molecular complexity index is 272. The summed E-state index contributed by atoms with van der Waals surface area (Å²) >= 11 is 0. The van der Waals surface area contributed by atoms with Gasteiger partial charge in [-0.3, -0.25) is 4.79 Å². The molecule has 0 aromatic rings. The third-order valence-corrected chi connectivity index (χ3v) is 3.09. The van der Waals surface area contributed by atoms with Gasteiger partial charge in [0.05, 0.1) is 0 Å². The van der Waals surface area contributed by atoms with Gasteiger partial charge in [-0.05, 0) is 45.3 Å². The summed E-state index contributed by atoms with van der Waals surface area (Å²) in [5.41, 5.74) is 7.34. The molecule has 17 heavy (non-hydrogen) atoms. The van der Waals surface area contributed by atoms with E-state index >= 15 is 0 Å². The van der Waals surface area contributed by atoms with Gasteiger partial charge in [-0.15, -0.1) is 5.10 Å². The quantitative estimate of drug-likeness (QED) is 0.209. The highest BCUT2D eigenvalue weighted by molar-refractivity contribution is 6.37. The van der Waals surface area contributed by atoms with Crippen molar-refractivity contribution in [3.63, 3.8) is 0 Å². The number of carbonyl (C=O) groups excluding carboxylic acids is 1. The maximum Gasteiger partial charge on any atom is 0.288 e. The Hall–Kier alpha value is -1.34. The van der Waals surface area contributed by atoms with Gasteiger partial charge in [-0.25, -0.2) is 11.4 Å². The van der Waals surface area contributed by atoms with E-state index in [0.29, 0.717) is 12.5 Å². The minimum absolute atomic E-state index is 0.143. The Morgan fingerprint density at radius 3 is 2.71 bits per heavy atom. The summed E-state index contributed by atoms with van der Waals surface area (Å²) in [6.45, 7) is 2.91. The molecule has 0 aliphatic carbocycles. The van der Waals surface area contributed by atoms with Crippen LogP contribution in [0.25, 0.3) is 0 Å². The number of nitrogens with one attached hydrogen (secondary N) is 2. The average molecular weight is 242 g/mol. The Kier molecular flexibility index (Phi) is 5.71. The molecule has 0 aromatic heterocycles. The fraction of sp³-hybridized carbons (Fsp3) is 0.800. The molecule has 0 aromatic carbocycles. The molecule has 1 aliphatic rings. The zero-order chi connectivity index (χ0) is 12.7. The monoisotopic (exact) mass is 242 g/mol. The van der Waals surface area contributed by atoms with E-state index in [1.165, 1.54) is 12.8 Å². The van der Waals surface area contributed by atoms with Gasteiger partial charge < -0.3 is 16.0 Å². The van der Waals surface area contributed by atoms with E-state index in [1.54, 1.807) is 0 Å². The third-order valence-electron chi connectivity index (χ3n) is 3.09. The van der Waals surface area contributed by atoms with Crippen LogP contribution in [0.15, 0.2) is 5.10 Å². The minimum atomic E-state index is -0.379. The molecule has 6 N–H and O–H groups in total. The zero-order valence-corrected chi connectivity index (χ0v) is 10.3. The number of likely N-dealkylation sites (tertiary alicyclic amines) is 1. The molecule has 0 radical (unpaired) electrons. The van der Waals surface area contributed by atoms with Crippen molar-refractivity contribution in [2.45, 2.75) is 19.3 Å². The van der Waals surface area contributed by atoms with E-state index in [0.717, 1.165) is 19.5 Å². The molecule has 1 rings (SSSR count). The van der Waals surface area contributed by atoms with Gasteiger partial charge in [-0.2, -0.15) is 0 Å². The number of nitrogens with two attached hydrogens (primary N) is 2. The number of nitrogens with zero attached hydrogens (tertiary/aromatic N) is 2. The topological polar surface area (TPSA) is 109 Å². The molecule has 0 unspecified atom stereocenters. The standard InChI is InChI=1S/C10H22N6O/c1-16-6-3-8(4-7-16)2-5-13-10(17)9(11)14-15-12/h8,15H,2-7,12H2,1H3,(H2,11,14)(H,13,17). The van der Waals surface area contributed by atoms with Gasteiger partial charge >= 0.3 is 0 Å². The summed E-state index contributed by atoms with van der Waals surface area (Å²) in [5, 5.41) is 6.13. The van der Waals surface area contributed by atoms with Crippen LogP contribution in [0.2, 0.25) is 0 Å². The van der Waals surface area contributed by atoms with Gasteiger partial charge in [0.2, 0.25) is 5.84 Å². The lowest BCUT2D eigenvalue weighted by Gasteiger charge is -2.28. The summed E-state index contributed by atoms with van der Waals surface area (Å²) in [7, 11) is 2.13. The number of piperidine rings is 1. The van der Waals surface area contributed by atoms with Gasteiger partial charge in [0.25, 0.3) is 5.91 Å². The van der Waals surface area contributed by atoms with Crippen LogP contribution < -0.4 is 22.4 Å². The maximum absolute atomic E-state index is 11.4. The summed E-state index contributed by atoms with van der Waals surface area (Å²) in [6, 6.07) is 0. The number of carbonyl (C=O) groups is 1. The first kappa shape index (κ1) is 13.7. The van der Waals surface area contributed by atoms with Crippen LogP contribution in [0, 0.1) is 5.92 Å². The molecule has 0 saturated carbocycles. The number of rotatable bonds is 4. The first-order valence-corrected chi connectivity index (χ1v) is 5.89. The van der Waals surface area contributed by atoms with E-state index in [-0.39, 0.29) is 11.7 Å². The molecule has 0 atom stereocenters. The van der Waals surface area contributed by atoms with Gasteiger partial charge in [0, 0.05) is 6.54 Å². The molecular formula is C10H22N6O. The third kappa shape index (κ3) is 5.01. The van der Waals surface area contributed by atoms with Crippen molar-refractivity contribution in [3.05, 3.63) is 0 Å². The molecule has 0 bridgehead atoms. The van der Waals surface area contributed by atoms with Crippen molar-refractivity contribution in [2.75, 3.05) is 26.7 Å². The van der Waals surface area contributed by atoms with E-state index in [9.17, 15) is 4.79 Å². The normalized spacial score (nSPS) is 19.1. The van der Waals surface area contributed by atoms with Crippen molar-refractivity contribution in [1.82, 2.24) is 15.8 Å². The second kappa shape index (κ2) is 7.08. The zero-order valence-electron chi connectivity index (χ0n) is 10.3. The average Bonchev–Trinajstić information content (AvgIpc) is 2.32. The predicted octanol–water partition coefficient (Wildman–Crippen LogP) is -1.43. The Morgan fingerprint density at radius 2 is 2.12 bits per heavy atom. The summed E-state index contributed by atoms with van der Waals surface area (Å²) in [6.07, 6.45) is 3.38. The van der Waals surface area contributed by atoms with Crippen LogP contribution in [0.3, 0.4) is 0 Å². The van der Waals surface area contributed by atoms with Gasteiger partial charge in [0.1, 0.15) is 0 Å². The minimum Gasteiger partial charge on any atom is -0.378 e. The molecule has 1 fully saturated rings. The number of hydrogen-bond acceptors (Lipinski definition) is 5. The highest BCUT2D eigenvalue weighted by Crippen LogP contribution is 2.18. The number of amidine groups is 1. The Labute approximate surface area is 102 Å². The molecule has 0 spiro atoms. The first-order valence-electron chi connectivity index (χ1n) is 5.89. The second-order valence-electron chi connectivity index (χ2n) is 4.42. The Balaban J connectivity index is 2.15. The van der Waals surface area contributed by atoms with Crippen LogP contribution in [0.4, 0.5) is 0 Å². The highest BCUT2D eigenvalue weighted by Gasteiger charge is 2.16. The van der Waals surface area contributed by atoms with Crippen LogP contribution in [-0.4, -0.2) is 43.3 Å². The second-order valence-corrected chi connectivity index (χ2v) is 4.42. The van der Waals surface area contributed by atoms with Crippen molar-refractivity contribution in [3.8, 4) is 0 Å². The van der Waals surface area contributed by atoms with Gasteiger partial charge in [0.15, 0.2) is 0 Å². The number of hydrazone groups is 1. The van der Waals surface area contributed by atoms with E-state index < -0.39 is 0 Å². The van der Waals surface area contributed by atoms with Crippen LogP contribution >= 0.6 is 0 Å². The molecular weight excluding hydrogens is 220 g/mol. The maximum atomic E-state index is 11.4. The molecule has 1 aliphatic heterocycles. The summed E-state index contributed by atoms with van der Waals surface area (Å²) in [5.74, 6) is 5.09. The largest absolute Gasteiger partial charge is 0.378 e. The fourth-order valence-electron chi connectivity index (χ4n) is 1.95. The van der Waals surface area contributed by atoms with Crippen molar-refractivity contribution < 1.29 is 4.79 Å². The van der Waals surface area contributed by atoms with Crippen molar-refractivity contribution >= 4 is 11.7 Å². The molecule has 7 heteroatoms. The van der Waals surface area contributed by atoms with Crippen LogP contribution in [0.1, 0.15) is 19.3 Å². The summed E-state index contributed by atoms with van der Waals surface area (Å²) in [4.78, 5) is 13.7. The van der Waals surface area contributed by atoms with E-state index in [4.69, 9.17) is 11.6 Å². The van der Waals surface area contributed by atoms with Crippen LogP contribution in [0.5, 0.6) is 0 Å². The molecule has 98 valence electrons. The lowest BCUT2D eigenvalue weighted by Crippen LogP contribution is -2.39. The smallest absolute Gasteiger partial charge is 0.288 e. The Morgan fingerprint density at radius 1 is 1.47 bits per heavy atom. The molecule has 1 saturated heterocycles. The highest BCUT2D eigenvalue weighted by atomic mass is 16.2. The summed E-state index contributed by atoms with van der Waals surface area (Å²) < 4.78 is 0. The number of hydrogen-bond donors (Lipinski definition) is 4. The SMILES string of the molecule is CN1CCC(CCNC(=O)/C(N)=N/NN)CC1. The lowest BCUT2D eigenvalue weighted by atomic mass is 9.94. The number of hydrazine groups is 1.